The number of benzene rings is 2. The third-order valence-electron chi connectivity index (χ3n) is 5.11. The molecule has 6 nitrogen and oxygen atoms in total. The maximum absolute atomic E-state index is 13.1. The SMILES string of the molecule is CCCNC(=O)[C@H](C)N(Cc1cccc(OC)c1)C(=O)COc1ccc(C(C)C)cc1. The van der Waals surface area contributed by atoms with Gasteiger partial charge >= 0.3 is 0 Å². The van der Waals surface area contributed by atoms with Crippen molar-refractivity contribution in [2.75, 3.05) is 20.3 Å². The molecule has 0 aliphatic carbocycles. The molecular weight excluding hydrogens is 392 g/mol. The number of hydrogen-bond donors (Lipinski definition) is 1. The van der Waals surface area contributed by atoms with Crippen molar-refractivity contribution in [3.63, 3.8) is 0 Å². The van der Waals surface area contributed by atoms with Crippen molar-refractivity contribution >= 4 is 11.8 Å². The smallest absolute Gasteiger partial charge is 0.261 e. The van der Waals surface area contributed by atoms with Gasteiger partial charge in [-0.3, -0.25) is 9.59 Å². The van der Waals surface area contributed by atoms with E-state index in [0.717, 1.165) is 12.0 Å². The van der Waals surface area contributed by atoms with Gasteiger partial charge in [0.1, 0.15) is 17.5 Å². The van der Waals surface area contributed by atoms with Gasteiger partial charge in [-0.25, -0.2) is 0 Å². The zero-order valence-electron chi connectivity index (χ0n) is 19.2. The molecule has 6 heteroatoms. The van der Waals surface area contributed by atoms with Crippen LogP contribution in [0.3, 0.4) is 0 Å². The van der Waals surface area contributed by atoms with Crippen molar-refractivity contribution < 1.29 is 19.1 Å². The minimum atomic E-state index is -0.628. The van der Waals surface area contributed by atoms with Gasteiger partial charge in [0.15, 0.2) is 6.61 Å². The van der Waals surface area contributed by atoms with Crippen molar-refractivity contribution in [2.24, 2.45) is 0 Å². The van der Waals surface area contributed by atoms with E-state index in [0.29, 0.717) is 24.0 Å². The Balaban J connectivity index is 2.13. The highest BCUT2D eigenvalue weighted by Gasteiger charge is 2.26. The average Bonchev–Trinajstić information content (AvgIpc) is 2.79. The summed E-state index contributed by atoms with van der Waals surface area (Å²) in [5.74, 6) is 1.32. The van der Waals surface area contributed by atoms with Gasteiger partial charge in [0, 0.05) is 13.1 Å². The molecule has 2 aromatic carbocycles. The van der Waals surface area contributed by atoms with Gasteiger partial charge in [-0.1, -0.05) is 45.0 Å². The maximum Gasteiger partial charge on any atom is 0.261 e. The van der Waals surface area contributed by atoms with E-state index >= 15 is 0 Å². The van der Waals surface area contributed by atoms with Gasteiger partial charge in [0.05, 0.1) is 7.11 Å². The summed E-state index contributed by atoms with van der Waals surface area (Å²) in [6, 6.07) is 14.6. The first-order chi connectivity index (χ1) is 14.8. The summed E-state index contributed by atoms with van der Waals surface area (Å²) in [4.78, 5) is 27.2. The van der Waals surface area contributed by atoms with Crippen LogP contribution in [0.1, 0.15) is 51.2 Å². The van der Waals surface area contributed by atoms with Crippen molar-refractivity contribution in [3.8, 4) is 11.5 Å². The van der Waals surface area contributed by atoms with Crippen LogP contribution in [0.2, 0.25) is 0 Å². The number of hydrogen-bond acceptors (Lipinski definition) is 4. The lowest BCUT2D eigenvalue weighted by atomic mass is 10.0. The monoisotopic (exact) mass is 426 g/mol. The highest BCUT2D eigenvalue weighted by Crippen LogP contribution is 2.19. The normalized spacial score (nSPS) is 11.7. The first-order valence-electron chi connectivity index (χ1n) is 10.8. The molecule has 0 aliphatic heterocycles. The molecule has 0 spiro atoms. The molecule has 168 valence electrons. The van der Waals surface area contributed by atoms with Crippen LogP contribution in [0, 0.1) is 0 Å². The predicted molar refractivity (Wildman–Crippen MR) is 122 cm³/mol. The third kappa shape index (κ3) is 7.31. The zero-order valence-corrected chi connectivity index (χ0v) is 19.2. The van der Waals surface area contributed by atoms with E-state index in [-0.39, 0.29) is 25.0 Å². The second-order valence-corrected chi connectivity index (χ2v) is 7.85. The van der Waals surface area contributed by atoms with Crippen molar-refractivity contribution in [3.05, 3.63) is 59.7 Å². The second-order valence-electron chi connectivity index (χ2n) is 7.85. The van der Waals surface area contributed by atoms with E-state index in [1.165, 1.54) is 5.56 Å². The standard InChI is InChI=1S/C25H34N2O4/c1-6-14-26-25(29)19(4)27(16-20-8-7-9-23(15-20)30-5)24(28)17-31-22-12-10-21(11-13-22)18(2)3/h7-13,15,18-19H,6,14,16-17H2,1-5H3,(H,26,29)/t19-/m0/s1. The van der Waals surface area contributed by atoms with Crippen LogP contribution >= 0.6 is 0 Å². The molecule has 0 saturated carbocycles. The second kappa shape index (κ2) is 12.0. The van der Waals surface area contributed by atoms with Gasteiger partial charge in [0.25, 0.3) is 5.91 Å². The molecule has 0 bridgehead atoms. The first kappa shape index (κ1) is 24.3. The van der Waals surface area contributed by atoms with Crippen molar-refractivity contribution in [2.45, 2.75) is 52.6 Å². The quantitative estimate of drug-likeness (QED) is 0.586. The van der Waals surface area contributed by atoms with Gasteiger partial charge in [0.2, 0.25) is 5.91 Å². The molecule has 1 N–H and O–H groups in total. The summed E-state index contributed by atoms with van der Waals surface area (Å²) in [6.45, 7) is 8.69. The molecule has 0 heterocycles. The Bertz CT molecular complexity index is 849. The number of methoxy groups -OCH3 is 1. The Morgan fingerprint density at radius 3 is 2.35 bits per heavy atom. The Kier molecular flexibility index (Phi) is 9.38. The molecule has 2 aromatic rings. The minimum absolute atomic E-state index is 0.142. The average molecular weight is 427 g/mol. The van der Waals surface area contributed by atoms with Gasteiger partial charge in [-0.15, -0.1) is 0 Å². The van der Waals surface area contributed by atoms with Crippen LogP contribution in [0.5, 0.6) is 11.5 Å². The molecule has 0 radical (unpaired) electrons. The van der Waals surface area contributed by atoms with E-state index in [4.69, 9.17) is 9.47 Å². The number of nitrogens with one attached hydrogen (secondary N) is 1. The fraction of sp³-hybridized carbons (Fsp3) is 0.440. The van der Waals surface area contributed by atoms with Crippen LogP contribution in [-0.4, -0.2) is 43.0 Å². The van der Waals surface area contributed by atoms with Crippen molar-refractivity contribution in [1.29, 1.82) is 0 Å². The predicted octanol–water partition coefficient (Wildman–Crippen LogP) is 4.14. The fourth-order valence-electron chi connectivity index (χ4n) is 3.12. The Morgan fingerprint density at radius 1 is 1.03 bits per heavy atom. The van der Waals surface area contributed by atoms with Crippen LogP contribution in [0.25, 0.3) is 0 Å². The summed E-state index contributed by atoms with van der Waals surface area (Å²) in [6.07, 6.45) is 0.831. The molecule has 1 atom stereocenters. The summed E-state index contributed by atoms with van der Waals surface area (Å²) >= 11 is 0. The number of carbonyl (C=O) groups excluding carboxylic acids is 2. The summed E-state index contributed by atoms with van der Waals surface area (Å²) in [5, 5.41) is 2.87. The molecular formula is C25H34N2O4. The van der Waals surface area contributed by atoms with Crippen LogP contribution in [0.4, 0.5) is 0 Å². The van der Waals surface area contributed by atoms with Crippen LogP contribution in [-0.2, 0) is 16.1 Å². The molecule has 0 aliphatic rings. The number of nitrogens with zero attached hydrogens (tertiary/aromatic N) is 1. The molecule has 0 unspecified atom stereocenters. The van der Waals surface area contributed by atoms with E-state index in [2.05, 4.69) is 19.2 Å². The summed E-state index contributed by atoms with van der Waals surface area (Å²) in [7, 11) is 1.60. The van der Waals surface area contributed by atoms with Crippen LogP contribution < -0.4 is 14.8 Å². The topological polar surface area (TPSA) is 67.9 Å². The molecule has 0 saturated heterocycles. The molecule has 31 heavy (non-hydrogen) atoms. The van der Waals surface area contributed by atoms with E-state index in [1.807, 2.05) is 55.5 Å². The van der Waals surface area contributed by atoms with Gasteiger partial charge < -0.3 is 19.7 Å². The Hall–Kier alpha value is -3.02. The van der Waals surface area contributed by atoms with Crippen molar-refractivity contribution in [1.82, 2.24) is 10.2 Å². The molecule has 0 aromatic heterocycles. The number of carbonyl (C=O) groups is 2. The molecule has 0 fully saturated rings. The lowest BCUT2D eigenvalue weighted by Gasteiger charge is -2.29. The number of ether oxygens (including phenoxy) is 2. The Morgan fingerprint density at radius 2 is 1.74 bits per heavy atom. The van der Waals surface area contributed by atoms with E-state index in [1.54, 1.807) is 18.9 Å². The lowest BCUT2D eigenvalue weighted by molar-refractivity contribution is -0.142. The summed E-state index contributed by atoms with van der Waals surface area (Å²) in [5.41, 5.74) is 2.09. The number of rotatable bonds is 11. The molecule has 2 amide bonds. The Labute approximate surface area is 185 Å². The number of amides is 2. The molecule has 2 rings (SSSR count). The zero-order chi connectivity index (χ0) is 22.8. The van der Waals surface area contributed by atoms with E-state index in [9.17, 15) is 9.59 Å². The highest BCUT2D eigenvalue weighted by molar-refractivity contribution is 5.87. The van der Waals surface area contributed by atoms with Gasteiger partial charge in [-0.2, -0.15) is 0 Å². The van der Waals surface area contributed by atoms with Gasteiger partial charge in [-0.05, 0) is 54.7 Å². The lowest BCUT2D eigenvalue weighted by Crippen LogP contribution is -2.49. The summed E-state index contributed by atoms with van der Waals surface area (Å²) < 4.78 is 11.0. The highest BCUT2D eigenvalue weighted by atomic mass is 16.5. The minimum Gasteiger partial charge on any atom is -0.497 e. The maximum atomic E-state index is 13.1. The fourth-order valence-corrected chi connectivity index (χ4v) is 3.12. The first-order valence-corrected chi connectivity index (χ1v) is 10.8. The van der Waals surface area contributed by atoms with Crippen LogP contribution in [0.15, 0.2) is 48.5 Å². The third-order valence-corrected chi connectivity index (χ3v) is 5.11. The largest absolute Gasteiger partial charge is 0.497 e. The van der Waals surface area contributed by atoms with E-state index < -0.39 is 6.04 Å².